The molecule has 0 saturated heterocycles. The van der Waals surface area contributed by atoms with Crippen molar-refractivity contribution in [1.82, 2.24) is 4.98 Å². The molecule has 0 saturated carbocycles. The Morgan fingerprint density at radius 1 is 0.857 bits per heavy atom. The van der Waals surface area contributed by atoms with Crippen LogP contribution in [0.3, 0.4) is 0 Å². The van der Waals surface area contributed by atoms with Gasteiger partial charge in [0, 0.05) is 16.5 Å². The van der Waals surface area contributed by atoms with Gasteiger partial charge < -0.3 is 0 Å². The second-order valence-electron chi connectivity index (χ2n) is 6.71. The van der Waals surface area contributed by atoms with E-state index in [-0.39, 0.29) is 5.56 Å². The lowest BCUT2D eigenvalue weighted by atomic mass is 9.97. The molecule has 0 amide bonds. The van der Waals surface area contributed by atoms with Gasteiger partial charge in [-0.05, 0) is 47.2 Å². The van der Waals surface area contributed by atoms with Crippen LogP contribution in [0.25, 0.3) is 21.7 Å². The minimum absolute atomic E-state index is 0.259. The average molecular weight is 390 g/mol. The summed E-state index contributed by atoms with van der Waals surface area (Å²) in [5, 5.41) is 2.32. The van der Waals surface area contributed by atoms with E-state index in [9.17, 15) is 13.2 Å². The molecule has 4 rings (SSSR count). The number of nitrogens with zero attached hydrogens (tertiary/aromatic N) is 1. The van der Waals surface area contributed by atoms with Gasteiger partial charge in [0.15, 0.2) is 0 Å². The standard InChI is InChI=1S/C22H18N2O3S/c1-28(26,27)24-16-8-6-7-15(13-16)14-20-17-9-2-3-11-19(17)22(25)23-21-12-5-4-10-18(20)21/h2-13,24H,14H2,1H3. The summed E-state index contributed by atoms with van der Waals surface area (Å²) in [7, 11) is -3.35. The van der Waals surface area contributed by atoms with Gasteiger partial charge in [-0.3, -0.25) is 9.52 Å². The van der Waals surface area contributed by atoms with Crippen LogP contribution in [-0.4, -0.2) is 19.7 Å². The number of anilines is 1. The van der Waals surface area contributed by atoms with Crippen LogP contribution in [0.15, 0.2) is 77.6 Å². The summed E-state index contributed by atoms with van der Waals surface area (Å²) in [5.41, 5.74) is 2.81. The second kappa shape index (κ2) is 7.05. The molecule has 1 heterocycles. The van der Waals surface area contributed by atoms with E-state index in [2.05, 4.69) is 9.71 Å². The van der Waals surface area contributed by atoms with Crippen LogP contribution >= 0.6 is 0 Å². The highest BCUT2D eigenvalue weighted by Crippen LogP contribution is 2.26. The number of para-hydroxylation sites is 1. The number of hydrogen-bond donors (Lipinski definition) is 1. The van der Waals surface area contributed by atoms with Crippen LogP contribution in [0.4, 0.5) is 5.69 Å². The Balaban J connectivity index is 1.95. The first kappa shape index (κ1) is 18.1. The number of sulfonamides is 1. The molecule has 0 unspecified atom stereocenters. The molecule has 28 heavy (non-hydrogen) atoms. The van der Waals surface area contributed by atoms with Gasteiger partial charge >= 0.3 is 0 Å². The van der Waals surface area contributed by atoms with Crippen LogP contribution in [-0.2, 0) is 16.4 Å². The van der Waals surface area contributed by atoms with E-state index in [1.807, 2.05) is 60.7 Å². The number of fused-ring (bicyclic) bond motifs is 2. The van der Waals surface area contributed by atoms with Gasteiger partial charge in [0.25, 0.3) is 5.56 Å². The van der Waals surface area contributed by atoms with Crippen LogP contribution in [0.5, 0.6) is 0 Å². The lowest BCUT2D eigenvalue weighted by Gasteiger charge is -2.09. The van der Waals surface area contributed by atoms with Crippen molar-refractivity contribution >= 4 is 37.4 Å². The van der Waals surface area contributed by atoms with Crippen LogP contribution in [0, 0.1) is 0 Å². The monoisotopic (exact) mass is 390 g/mol. The number of benzene rings is 3. The summed E-state index contributed by atoms with van der Waals surface area (Å²) < 4.78 is 25.6. The third-order valence-electron chi connectivity index (χ3n) is 4.54. The van der Waals surface area contributed by atoms with Gasteiger partial charge in [0.2, 0.25) is 10.0 Å². The van der Waals surface area contributed by atoms with Crippen molar-refractivity contribution in [2.45, 2.75) is 6.42 Å². The Bertz CT molecular complexity index is 1370. The molecular weight excluding hydrogens is 372 g/mol. The first-order valence-corrected chi connectivity index (χ1v) is 10.7. The van der Waals surface area contributed by atoms with Crippen molar-refractivity contribution in [1.29, 1.82) is 0 Å². The van der Waals surface area contributed by atoms with Crippen LogP contribution < -0.4 is 10.3 Å². The van der Waals surface area contributed by atoms with Crippen molar-refractivity contribution < 1.29 is 8.42 Å². The molecule has 3 aromatic carbocycles. The molecule has 0 radical (unpaired) electrons. The zero-order valence-corrected chi connectivity index (χ0v) is 16.0. The largest absolute Gasteiger partial charge is 0.284 e. The lowest BCUT2D eigenvalue weighted by Crippen LogP contribution is -2.09. The molecule has 0 spiro atoms. The molecule has 6 heteroatoms. The molecule has 0 aliphatic heterocycles. The SMILES string of the molecule is CS(=O)(=O)Nc1cccc(Cc2c3ccccc3nc(=O)c3ccccc23)c1. The smallest absolute Gasteiger partial charge is 0.278 e. The van der Waals surface area contributed by atoms with Gasteiger partial charge in [0.1, 0.15) is 0 Å². The average Bonchev–Trinajstić information content (AvgIpc) is 2.76. The molecule has 1 N–H and O–H groups in total. The van der Waals surface area contributed by atoms with E-state index in [1.165, 1.54) is 0 Å². The van der Waals surface area contributed by atoms with Crippen molar-refractivity contribution in [3.05, 3.63) is 94.3 Å². The minimum Gasteiger partial charge on any atom is -0.284 e. The Morgan fingerprint density at radius 2 is 1.54 bits per heavy atom. The molecule has 1 aromatic heterocycles. The van der Waals surface area contributed by atoms with E-state index in [4.69, 9.17) is 0 Å². The zero-order valence-electron chi connectivity index (χ0n) is 15.2. The summed E-state index contributed by atoms with van der Waals surface area (Å²) in [5.74, 6) is 0. The topological polar surface area (TPSA) is 76.1 Å². The van der Waals surface area contributed by atoms with E-state index >= 15 is 0 Å². The molecule has 0 aliphatic carbocycles. The number of hydrogen-bond acceptors (Lipinski definition) is 4. The Hall–Kier alpha value is -3.25. The Labute approximate surface area is 162 Å². The summed E-state index contributed by atoms with van der Waals surface area (Å²) in [6.45, 7) is 0. The van der Waals surface area contributed by atoms with E-state index in [1.54, 1.807) is 12.1 Å². The van der Waals surface area contributed by atoms with Gasteiger partial charge in [-0.25, -0.2) is 13.4 Å². The summed E-state index contributed by atoms with van der Waals surface area (Å²) in [4.78, 5) is 16.9. The summed E-state index contributed by atoms with van der Waals surface area (Å²) in [6, 6.07) is 22.3. The molecule has 0 atom stereocenters. The van der Waals surface area contributed by atoms with Crippen molar-refractivity contribution in [3.8, 4) is 0 Å². The first-order valence-electron chi connectivity index (χ1n) is 8.78. The molecule has 0 aliphatic rings. The molecule has 5 nitrogen and oxygen atoms in total. The highest BCUT2D eigenvalue weighted by Gasteiger charge is 2.11. The molecular formula is C22H18N2O3S. The fourth-order valence-corrected chi connectivity index (χ4v) is 3.98. The predicted molar refractivity (Wildman–Crippen MR) is 113 cm³/mol. The maximum Gasteiger partial charge on any atom is 0.278 e. The molecule has 0 bridgehead atoms. The van der Waals surface area contributed by atoms with E-state index in [0.29, 0.717) is 23.0 Å². The molecule has 4 aromatic rings. The molecule has 0 fully saturated rings. The second-order valence-corrected chi connectivity index (χ2v) is 8.46. The Kier molecular flexibility index (Phi) is 4.57. The van der Waals surface area contributed by atoms with E-state index < -0.39 is 10.0 Å². The van der Waals surface area contributed by atoms with Crippen LogP contribution in [0.2, 0.25) is 0 Å². The predicted octanol–water partition coefficient (Wildman–Crippen LogP) is 3.71. The maximum atomic E-state index is 12.6. The highest BCUT2D eigenvalue weighted by molar-refractivity contribution is 7.92. The van der Waals surface area contributed by atoms with Crippen molar-refractivity contribution in [2.24, 2.45) is 0 Å². The third-order valence-corrected chi connectivity index (χ3v) is 5.15. The Morgan fingerprint density at radius 3 is 2.29 bits per heavy atom. The van der Waals surface area contributed by atoms with Gasteiger partial charge in [0.05, 0.1) is 11.8 Å². The van der Waals surface area contributed by atoms with Gasteiger partial charge in [-0.2, -0.15) is 0 Å². The summed E-state index contributed by atoms with van der Waals surface area (Å²) >= 11 is 0. The third kappa shape index (κ3) is 3.73. The van der Waals surface area contributed by atoms with Gasteiger partial charge in [-0.1, -0.05) is 48.5 Å². The zero-order chi connectivity index (χ0) is 19.7. The molecule has 140 valence electrons. The summed E-state index contributed by atoms with van der Waals surface area (Å²) in [6.07, 6.45) is 1.66. The fraction of sp³-hybridized carbons (Fsp3) is 0.0909. The van der Waals surface area contributed by atoms with Gasteiger partial charge in [-0.15, -0.1) is 0 Å². The van der Waals surface area contributed by atoms with Crippen molar-refractivity contribution in [3.63, 3.8) is 0 Å². The number of aromatic nitrogens is 1. The maximum absolute atomic E-state index is 12.6. The minimum atomic E-state index is -3.35. The highest BCUT2D eigenvalue weighted by atomic mass is 32.2. The number of nitrogens with one attached hydrogen (secondary N) is 1. The van der Waals surface area contributed by atoms with Crippen molar-refractivity contribution in [2.75, 3.05) is 11.0 Å². The van der Waals surface area contributed by atoms with Crippen LogP contribution in [0.1, 0.15) is 11.1 Å². The number of rotatable bonds is 4. The fourth-order valence-electron chi connectivity index (χ4n) is 3.43. The van der Waals surface area contributed by atoms with E-state index in [0.717, 1.165) is 28.2 Å². The lowest BCUT2D eigenvalue weighted by molar-refractivity contribution is 0.607. The normalized spacial score (nSPS) is 11.6. The quantitative estimate of drug-likeness (QED) is 0.576. The first-order chi connectivity index (χ1) is 13.4.